The van der Waals surface area contributed by atoms with Crippen molar-refractivity contribution in [2.24, 2.45) is 0 Å². The molecule has 2 aromatic rings. The Bertz CT molecular complexity index is 668. The zero-order valence-electron chi connectivity index (χ0n) is 11.1. The number of rotatable bonds is 2. The summed E-state index contributed by atoms with van der Waals surface area (Å²) in [5.41, 5.74) is 2.25. The molecule has 1 atom stereocenters. The first-order chi connectivity index (χ1) is 9.68. The van der Waals surface area contributed by atoms with Crippen molar-refractivity contribution in [2.45, 2.75) is 23.0 Å². The number of aryl methyl sites for hydroxylation is 1. The van der Waals surface area contributed by atoms with E-state index in [9.17, 15) is 8.42 Å². The van der Waals surface area contributed by atoms with Crippen LogP contribution < -0.4 is 5.32 Å². The minimum Gasteiger partial charge on any atom is -0.384 e. The predicted octanol–water partition coefficient (Wildman–Crippen LogP) is 2.89. The smallest absolute Gasteiger partial charge is 0.182 e. The number of anilines is 1. The van der Waals surface area contributed by atoms with E-state index in [2.05, 4.69) is 11.4 Å². The van der Waals surface area contributed by atoms with E-state index in [-0.39, 0.29) is 5.25 Å². The average Bonchev–Trinajstić information content (AvgIpc) is 2.71. The van der Waals surface area contributed by atoms with Crippen LogP contribution in [0.4, 0.5) is 5.69 Å². The Labute approximate surface area is 119 Å². The summed E-state index contributed by atoms with van der Waals surface area (Å²) in [7, 11) is -3.27. The van der Waals surface area contributed by atoms with Gasteiger partial charge in [-0.05, 0) is 36.6 Å². The van der Waals surface area contributed by atoms with E-state index < -0.39 is 9.84 Å². The normalized spacial score (nSPS) is 18.7. The Hall–Kier alpha value is -1.81. The molecule has 0 spiro atoms. The molecule has 0 saturated carbocycles. The summed E-state index contributed by atoms with van der Waals surface area (Å²) in [6, 6.07) is 16.7. The van der Waals surface area contributed by atoms with Gasteiger partial charge in [0.1, 0.15) is 0 Å². The molecule has 0 fully saturated rings. The van der Waals surface area contributed by atoms with Crippen molar-refractivity contribution < 1.29 is 8.42 Å². The Balaban J connectivity index is 1.87. The van der Waals surface area contributed by atoms with E-state index in [1.165, 1.54) is 5.56 Å². The number of para-hydroxylation sites is 1. The number of hydrogen-bond acceptors (Lipinski definition) is 3. The van der Waals surface area contributed by atoms with Crippen LogP contribution in [0.3, 0.4) is 0 Å². The van der Waals surface area contributed by atoms with Gasteiger partial charge in [0, 0.05) is 12.2 Å². The first-order valence-electron chi connectivity index (χ1n) is 6.78. The first kappa shape index (κ1) is 13.2. The van der Waals surface area contributed by atoms with Gasteiger partial charge in [-0.3, -0.25) is 0 Å². The summed E-state index contributed by atoms with van der Waals surface area (Å²) in [4.78, 5) is 0.415. The van der Waals surface area contributed by atoms with Crippen LogP contribution in [0.5, 0.6) is 0 Å². The van der Waals surface area contributed by atoms with Crippen molar-refractivity contribution in [1.29, 1.82) is 0 Å². The van der Waals surface area contributed by atoms with Crippen LogP contribution in [0.2, 0.25) is 0 Å². The number of hydrogen-bond donors (Lipinski definition) is 1. The lowest BCUT2D eigenvalue weighted by molar-refractivity contribution is 0.575. The second-order valence-electron chi connectivity index (χ2n) is 5.06. The molecule has 0 radical (unpaired) electrons. The van der Waals surface area contributed by atoms with Gasteiger partial charge in [0.25, 0.3) is 0 Å². The number of benzene rings is 2. The summed E-state index contributed by atoms with van der Waals surface area (Å²) in [6.45, 7) is 0.467. The van der Waals surface area contributed by atoms with Crippen LogP contribution in [0.1, 0.15) is 12.0 Å². The van der Waals surface area contributed by atoms with Crippen molar-refractivity contribution in [2.75, 3.05) is 11.9 Å². The SMILES string of the molecule is O=S(=O)(c1ccccc1)C1CCc2ccccc2NC1. The highest BCUT2D eigenvalue weighted by Gasteiger charge is 2.28. The molecule has 1 aliphatic rings. The first-order valence-corrected chi connectivity index (χ1v) is 8.33. The largest absolute Gasteiger partial charge is 0.384 e. The van der Waals surface area contributed by atoms with E-state index in [1.807, 2.05) is 24.3 Å². The molecule has 1 unspecified atom stereocenters. The number of sulfone groups is 1. The second-order valence-corrected chi connectivity index (χ2v) is 7.28. The highest BCUT2D eigenvalue weighted by Crippen LogP contribution is 2.26. The van der Waals surface area contributed by atoms with Crippen molar-refractivity contribution >= 4 is 15.5 Å². The van der Waals surface area contributed by atoms with Gasteiger partial charge in [-0.2, -0.15) is 0 Å². The third kappa shape index (κ3) is 2.43. The Morgan fingerprint density at radius 1 is 0.950 bits per heavy atom. The number of fused-ring (bicyclic) bond motifs is 1. The lowest BCUT2D eigenvalue weighted by atomic mass is 10.1. The van der Waals surface area contributed by atoms with Crippen LogP contribution >= 0.6 is 0 Å². The van der Waals surface area contributed by atoms with Crippen molar-refractivity contribution in [3.8, 4) is 0 Å². The minimum absolute atomic E-state index is 0.378. The molecule has 104 valence electrons. The molecule has 1 heterocycles. The fourth-order valence-corrected chi connectivity index (χ4v) is 4.27. The van der Waals surface area contributed by atoms with E-state index in [0.29, 0.717) is 17.9 Å². The Morgan fingerprint density at radius 3 is 2.45 bits per heavy atom. The molecule has 0 bridgehead atoms. The van der Waals surface area contributed by atoms with Crippen LogP contribution in [0.25, 0.3) is 0 Å². The van der Waals surface area contributed by atoms with Gasteiger partial charge in [0.15, 0.2) is 9.84 Å². The molecule has 3 rings (SSSR count). The molecule has 0 saturated heterocycles. The summed E-state index contributed by atoms with van der Waals surface area (Å²) in [5.74, 6) is 0. The summed E-state index contributed by atoms with van der Waals surface area (Å²) in [5, 5.41) is 2.89. The maximum atomic E-state index is 12.7. The monoisotopic (exact) mass is 287 g/mol. The molecule has 2 aromatic carbocycles. The molecule has 1 N–H and O–H groups in total. The van der Waals surface area contributed by atoms with Gasteiger partial charge in [0.05, 0.1) is 10.1 Å². The van der Waals surface area contributed by atoms with Gasteiger partial charge in [-0.25, -0.2) is 8.42 Å². The van der Waals surface area contributed by atoms with E-state index >= 15 is 0 Å². The van der Waals surface area contributed by atoms with Gasteiger partial charge >= 0.3 is 0 Å². The average molecular weight is 287 g/mol. The fourth-order valence-electron chi connectivity index (χ4n) is 2.62. The molecule has 0 amide bonds. The summed E-state index contributed by atoms with van der Waals surface area (Å²) in [6.07, 6.45) is 1.45. The molecule has 3 nitrogen and oxygen atoms in total. The molecular weight excluding hydrogens is 270 g/mol. The Kier molecular flexibility index (Phi) is 3.49. The molecular formula is C16H17NO2S. The zero-order valence-corrected chi connectivity index (χ0v) is 11.9. The van der Waals surface area contributed by atoms with E-state index in [4.69, 9.17) is 0 Å². The van der Waals surface area contributed by atoms with Crippen molar-refractivity contribution in [3.63, 3.8) is 0 Å². The Morgan fingerprint density at radius 2 is 1.65 bits per heavy atom. The summed E-state index contributed by atoms with van der Waals surface area (Å²) < 4.78 is 25.3. The standard InChI is InChI=1S/C16H17NO2S/c18-20(19,14-7-2-1-3-8-14)15-11-10-13-6-4-5-9-16(13)17-12-15/h1-9,15,17H,10-12H2. The van der Waals surface area contributed by atoms with Crippen molar-refractivity contribution in [3.05, 3.63) is 60.2 Å². The molecule has 4 heteroatoms. The molecule has 20 heavy (non-hydrogen) atoms. The highest BCUT2D eigenvalue weighted by molar-refractivity contribution is 7.92. The van der Waals surface area contributed by atoms with Crippen molar-refractivity contribution in [1.82, 2.24) is 0 Å². The van der Waals surface area contributed by atoms with Gasteiger partial charge < -0.3 is 5.32 Å². The topological polar surface area (TPSA) is 46.2 Å². The molecule has 0 aromatic heterocycles. The van der Waals surface area contributed by atoms with Gasteiger partial charge in [-0.1, -0.05) is 36.4 Å². The lowest BCUT2D eigenvalue weighted by Gasteiger charge is -2.15. The van der Waals surface area contributed by atoms with Gasteiger partial charge in [0.2, 0.25) is 0 Å². The molecule has 1 aliphatic heterocycles. The number of nitrogens with one attached hydrogen (secondary N) is 1. The maximum Gasteiger partial charge on any atom is 0.182 e. The second kappa shape index (κ2) is 5.29. The van der Waals surface area contributed by atoms with Gasteiger partial charge in [-0.15, -0.1) is 0 Å². The zero-order chi connectivity index (χ0) is 14.0. The minimum atomic E-state index is -3.27. The highest BCUT2D eigenvalue weighted by atomic mass is 32.2. The maximum absolute atomic E-state index is 12.7. The van der Waals surface area contributed by atoms with E-state index in [1.54, 1.807) is 24.3 Å². The predicted molar refractivity (Wildman–Crippen MR) is 80.7 cm³/mol. The molecule has 0 aliphatic carbocycles. The fraction of sp³-hybridized carbons (Fsp3) is 0.250. The van der Waals surface area contributed by atoms with Crippen LogP contribution in [-0.4, -0.2) is 20.2 Å². The third-order valence-corrected chi connectivity index (χ3v) is 5.99. The summed E-state index contributed by atoms with van der Waals surface area (Å²) >= 11 is 0. The quantitative estimate of drug-likeness (QED) is 0.924. The van der Waals surface area contributed by atoms with Crippen LogP contribution in [-0.2, 0) is 16.3 Å². The third-order valence-electron chi connectivity index (χ3n) is 3.78. The van der Waals surface area contributed by atoms with Crippen LogP contribution in [0.15, 0.2) is 59.5 Å². The lowest BCUT2D eigenvalue weighted by Crippen LogP contribution is -2.28. The van der Waals surface area contributed by atoms with E-state index in [0.717, 1.165) is 12.1 Å². The van der Waals surface area contributed by atoms with Crippen LogP contribution in [0, 0.1) is 0 Å².